The third-order valence-electron chi connectivity index (χ3n) is 3.34. The van der Waals surface area contributed by atoms with Gasteiger partial charge in [-0.2, -0.15) is 0 Å². The van der Waals surface area contributed by atoms with E-state index in [9.17, 15) is 14.4 Å². The van der Waals surface area contributed by atoms with Crippen LogP contribution in [-0.4, -0.2) is 16.4 Å². The molecule has 24 heavy (non-hydrogen) atoms. The van der Waals surface area contributed by atoms with Crippen molar-refractivity contribution in [3.05, 3.63) is 57.5 Å². The van der Waals surface area contributed by atoms with Crippen LogP contribution in [0.1, 0.15) is 30.1 Å². The van der Waals surface area contributed by atoms with Crippen LogP contribution in [0.4, 0.5) is 11.4 Å². The van der Waals surface area contributed by atoms with Gasteiger partial charge in [-0.25, -0.2) is 0 Å². The van der Waals surface area contributed by atoms with Crippen molar-refractivity contribution >= 4 is 34.8 Å². The first-order valence-electron chi connectivity index (χ1n) is 7.48. The minimum atomic E-state index is -0.452. The molecule has 1 heterocycles. The van der Waals surface area contributed by atoms with E-state index in [1.807, 2.05) is 6.92 Å². The lowest BCUT2D eigenvalue weighted by Crippen LogP contribution is -2.20. The van der Waals surface area contributed by atoms with E-state index in [0.717, 1.165) is 6.42 Å². The first kappa shape index (κ1) is 17.7. The molecule has 2 rings (SSSR count). The van der Waals surface area contributed by atoms with Crippen LogP contribution in [0.15, 0.2) is 41.3 Å². The van der Waals surface area contributed by atoms with E-state index >= 15 is 0 Å². The highest BCUT2D eigenvalue weighted by molar-refractivity contribution is 6.34. The maximum Gasteiger partial charge on any atom is 0.255 e. The van der Waals surface area contributed by atoms with Crippen LogP contribution >= 0.6 is 11.6 Å². The Morgan fingerprint density at radius 1 is 1.17 bits per heavy atom. The third kappa shape index (κ3) is 4.45. The minimum Gasteiger partial charge on any atom is -0.326 e. The molecule has 0 aliphatic rings. The molecule has 0 fully saturated rings. The number of pyridine rings is 1. The van der Waals surface area contributed by atoms with Gasteiger partial charge < -0.3 is 15.2 Å². The van der Waals surface area contributed by atoms with Gasteiger partial charge in [0.25, 0.3) is 11.5 Å². The van der Waals surface area contributed by atoms with Crippen molar-refractivity contribution < 1.29 is 9.59 Å². The van der Waals surface area contributed by atoms with Gasteiger partial charge in [0.2, 0.25) is 5.91 Å². The number of amides is 2. The Bertz CT molecular complexity index is 830. The molecule has 0 atom stereocenters. The fourth-order valence-electron chi connectivity index (χ4n) is 2.03. The maximum atomic E-state index is 12.3. The molecular weight excluding hydrogens is 330 g/mol. The molecule has 1 aromatic carbocycles. The summed E-state index contributed by atoms with van der Waals surface area (Å²) < 4.78 is 1.37. The van der Waals surface area contributed by atoms with E-state index in [4.69, 9.17) is 11.6 Å². The average molecular weight is 348 g/mol. The van der Waals surface area contributed by atoms with Crippen LogP contribution in [0, 0.1) is 0 Å². The molecule has 0 saturated carbocycles. The molecule has 2 aromatic rings. The van der Waals surface area contributed by atoms with Crippen molar-refractivity contribution in [2.24, 2.45) is 7.05 Å². The standard InChI is InChI=1S/C17H18ClN3O3/c1-3-4-15(22)19-12-5-6-13(18)14(10-12)20-17(24)11-7-8-21(2)16(23)9-11/h5-10H,3-4H2,1-2H3,(H,19,22)(H,20,24). The molecule has 0 saturated heterocycles. The van der Waals surface area contributed by atoms with Gasteiger partial charge in [0.05, 0.1) is 10.7 Å². The number of nitrogens with zero attached hydrogens (tertiary/aromatic N) is 1. The van der Waals surface area contributed by atoms with E-state index < -0.39 is 5.91 Å². The Morgan fingerprint density at radius 2 is 1.92 bits per heavy atom. The number of carbonyl (C=O) groups excluding carboxylic acids is 2. The Labute approximate surface area is 144 Å². The van der Waals surface area contributed by atoms with Gasteiger partial charge in [-0.15, -0.1) is 0 Å². The monoisotopic (exact) mass is 347 g/mol. The molecule has 126 valence electrons. The smallest absolute Gasteiger partial charge is 0.255 e. The van der Waals surface area contributed by atoms with Gasteiger partial charge in [-0.1, -0.05) is 18.5 Å². The Morgan fingerprint density at radius 3 is 2.58 bits per heavy atom. The molecule has 0 spiro atoms. The predicted molar refractivity (Wildman–Crippen MR) is 94.6 cm³/mol. The van der Waals surface area contributed by atoms with Gasteiger partial charge in [0.15, 0.2) is 0 Å². The molecular formula is C17H18ClN3O3. The summed E-state index contributed by atoms with van der Waals surface area (Å²) in [6.45, 7) is 1.91. The molecule has 0 bridgehead atoms. The Hall–Kier alpha value is -2.60. The lowest BCUT2D eigenvalue weighted by Gasteiger charge is -2.11. The van der Waals surface area contributed by atoms with Gasteiger partial charge in [0, 0.05) is 37.0 Å². The predicted octanol–water partition coefficient (Wildman–Crippen LogP) is 3.03. The maximum absolute atomic E-state index is 12.3. The molecule has 1 aromatic heterocycles. The zero-order valence-corrected chi connectivity index (χ0v) is 14.2. The van der Waals surface area contributed by atoms with Crippen LogP contribution in [-0.2, 0) is 11.8 Å². The molecule has 0 aliphatic carbocycles. The lowest BCUT2D eigenvalue weighted by atomic mass is 10.2. The van der Waals surface area contributed by atoms with Crippen LogP contribution in [0.5, 0.6) is 0 Å². The van der Waals surface area contributed by atoms with Gasteiger partial charge >= 0.3 is 0 Å². The third-order valence-corrected chi connectivity index (χ3v) is 3.67. The fourth-order valence-corrected chi connectivity index (χ4v) is 2.20. The van der Waals surface area contributed by atoms with Crippen molar-refractivity contribution in [3.63, 3.8) is 0 Å². The van der Waals surface area contributed by atoms with E-state index in [1.54, 1.807) is 25.2 Å². The Balaban J connectivity index is 2.18. The number of hydrogen-bond acceptors (Lipinski definition) is 3. The number of aromatic nitrogens is 1. The largest absolute Gasteiger partial charge is 0.326 e. The van der Waals surface area contributed by atoms with Gasteiger partial charge in [-0.05, 0) is 30.7 Å². The number of benzene rings is 1. The van der Waals surface area contributed by atoms with Crippen LogP contribution < -0.4 is 16.2 Å². The molecule has 2 N–H and O–H groups in total. The minimum absolute atomic E-state index is 0.108. The number of aryl methyl sites for hydroxylation is 1. The number of nitrogens with one attached hydrogen (secondary N) is 2. The second-order valence-corrected chi connectivity index (χ2v) is 5.72. The average Bonchev–Trinajstić information content (AvgIpc) is 2.53. The summed E-state index contributed by atoms with van der Waals surface area (Å²) in [5.41, 5.74) is 0.845. The summed E-state index contributed by atoms with van der Waals surface area (Å²) in [4.78, 5) is 35.5. The van der Waals surface area contributed by atoms with E-state index in [2.05, 4.69) is 10.6 Å². The Kier molecular flexibility index (Phi) is 5.76. The highest BCUT2D eigenvalue weighted by Crippen LogP contribution is 2.26. The normalized spacial score (nSPS) is 10.3. The van der Waals surface area contributed by atoms with Gasteiger partial charge in [0.1, 0.15) is 0 Å². The summed E-state index contributed by atoms with van der Waals surface area (Å²) in [5.74, 6) is -0.560. The van der Waals surface area contributed by atoms with E-state index in [-0.39, 0.29) is 17.0 Å². The number of anilines is 2. The number of hydrogen-bond donors (Lipinski definition) is 2. The molecule has 0 radical (unpaired) electrons. The molecule has 6 nitrogen and oxygen atoms in total. The molecule has 0 unspecified atom stereocenters. The summed E-state index contributed by atoms with van der Waals surface area (Å²) >= 11 is 6.09. The second-order valence-electron chi connectivity index (χ2n) is 5.31. The quantitative estimate of drug-likeness (QED) is 0.872. The summed E-state index contributed by atoms with van der Waals surface area (Å²) in [5, 5.41) is 5.72. The second kappa shape index (κ2) is 7.79. The highest BCUT2D eigenvalue weighted by Gasteiger charge is 2.11. The lowest BCUT2D eigenvalue weighted by molar-refractivity contribution is -0.116. The zero-order valence-electron chi connectivity index (χ0n) is 13.4. The van der Waals surface area contributed by atoms with Crippen molar-refractivity contribution in [1.29, 1.82) is 0 Å². The number of carbonyl (C=O) groups is 2. The zero-order chi connectivity index (χ0) is 17.7. The molecule has 0 aliphatic heterocycles. The highest BCUT2D eigenvalue weighted by atomic mass is 35.5. The SMILES string of the molecule is CCCC(=O)Nc1ccc(Cl)c(NC(=O)c2ccn(C)c(=O)c2)c1. The van der Waals surface area contributed by atoms with Crippen LogP contribution in [0.3, 0.4) is 0 Å². The summed E-state index contributed by atoms with van der Waals surface area (Å²) in [7, 11) is 1.60. The van der Waals surface area contributed by atoms with E-state index in [1.165, 1.54) is 22.9 Å². The van der Waals surface area contributed by atoms with Crippen molar-refractivity contribution in [1.82, 2.24) is 4.57 Å². The van der Waals surface area contributed by atoms with Crippen LogP contribution in [0.2, 0.25) is 5.02 Å². The molecule has 2 amide bonds. The van der Waals surface area contributed by atoms with Gasteiger partial charge in [-0.3, -0.25) is 14.4 Å². The van der Waals surface area contributed by atoms with E-state index in [0.29, 0.717) is 22.8 Å². The van der Waals surface area contributed by atoms with Crippen molar-refractivity contribution in [2.75, 3.05) is 10.6 Å². The fraction of sp³-hybridized carbons (Fsp3) is 0.235. The summed E-state index contributed by atoms with van der Waals surface area (Å²) in [6.07, 6.45) is 2.67. The first-order valence-corrected chi connectivity index (χ1v) is 7.86. The summed E-state index contributed by atoms with van der Waals surface area (Å²) in [6, 6.07) is 7.61. The van der Waals surface area contributed by atoms with Crippen molar-refractivity contribution in [3.8, 4) is 0 Å². The number of rotatable bonds is 5. The number of halogens is 1. The molecule has 7 heteroatoms. The topological polar surface area (TPSA) is 80.2 Å². The van der Waals surface area contributed by atoms with Crippen LogP contribution in [0.25, 0.3) is 0 Å². The first-order chi connectivity index (χ1) is 11.4. The van der Waals surface area contributed by atoms with Crippen molar-refractivity contribution in [2.45, 2.75) is 19.8 Å².